The van der Waals surface area contributed by atoms with Crippen LogP contribution < -0.4 is 5.43 Å². The molecule has 0 radical (unpaired) electrons. The number of benzene rings is 1. The Morgan fingerprint density at radius 1 is 0.652 bits per heavy atom. The fourth-order valence-corrected chi connectivity index (χ4v) is 1.82. The molecular weight excluding hydrogens is 328 g/mol. The van der Waals surface area contributed by atoms with Crippen LogP contribution >= 0.6 is 0 Å². The van der Waals surface area contributed by atoms with Crippen LogP contribution in [-0.4, -0.2) is 24.7 Å². The van der Waals surface area contributed by atoms with E-state index >= 15 is 0 Å². The van der Waals surface area contributed by atoms with Crippen LogP contribution in [0.4, 0.5) is 28.4 Å². The summed E-state index contributed by atoms with van der Waals surface area (Å²) in [6.07, 6.45) is 0. The number of anilines is 1. The van der Waals surface area contributed by atoms with Gasteiger partial charge in [0.1, 0.15) is 5.56 Å². The zero-order valence-corrected chi connectivity index (χ0v) is 10.8. The molecule has 0 spiro atoms. The van der Waals surface area contributed by atoms with Crippen molar-refractivity contribution in [3.63, 3.8) is 0 Å². The number of hydrogen-bond donors (Lipinski definition) is 1. The van der Waals surface area contributed by atoms with Gasteiger partial charge in [-0.15, -0.1) is 0 Å². The molecule has 16 nitrogen and oxygen atoms in total. The second-order valence-electron chi connectivity index (χ2n) is 3.79. The number of hydrogen-bond acceptors (Lipinski definition) is 10. The SMILES string of the molecule is Cc1c([N+](=O)[O-])c(N[N+](=O)[O-])c([N+](=O)[O-])c([N+](=O)[O-])c1[N+](=O)[O-]. The lowest BCUT2D eigenvalue weighted by molar-refractivity contribution is -0.455. The molecule has 1 aromatic rings. The molecule has 0 fully saturated rings. The average Bonchev–Trinajstić information content (AvgIpc) is 2.35. The van der Waals surface area contributed by atoms with Crippen LogP contribution in [0.2, 0.25) is 0 Å². The lowest BCUT2D eigenvalue weighted by Crippen LogP contribution is -2.15. The number of nitrogens with one attached hydrogen (secondary N) is 1. The highest BCUT2D eigenvalue weighted by Crippen LogP contribution is 2.50. The first-order valence-corrected chi connectivity index (χ1v) is 5.19. The molecule has 16 heteroatoms. The van der Waals surface area contributed by atoms with E-state index in [-0.39, 0.29) is 0 Å². The number of nitro groups is 5. The summed E-state index contributed by atoms with van der Waals surface area (Å²) in [6.45, 7) is 0.706. The van der Waals surface area contributed by atoms with Gasteiger partial charge in [0.25, 0.3) is 5.69 Å². The maximum Gasteiger partial charge on any atom is 0.425 e. The molecule has 0 heterocycles. The third-order valence-electron chi connectivity index (χ3n) is 2.57. The van der Waals surface area contributed by atoms with E-state index in [1.54, 1.807) is 0 Å². The van der Waals surface area contributed by atoms with Gasteiger partial charge in [0, 0.05) is 0 Å². The molecule has 23 heavy (non-hydrogen) atoms. The van der Waals surface area contributed by atoms with Crippen LogP contribution in [0, 0.1) is 57.5 Å². The lowest BCUT2D eigenvalue weighted by atomic mass is 10.1. The van der Waals surface area contributed by atoms with E-state index in [4.69, 9.17) is 0 Å². The van der Waals surface area contributed by atoms with Crippen molar-refractivity contribution in [1.29, 1.82) is 0 Å². The summed E-state index contributed by atoms with van der Waals surface area (Å²) in [7, 11) is 0. The van der Waals surface area contributed by atoms with Crippen LogP contribution in [0.1, 0.15) is 5.56 Å². The summed E-state index contributed by atoms with van der Waals surface area (Å²) in [5.74, 6) is 0. The Morgan fingerprint density at radius 2 is 1.04 bits per heavy atom. The Kier molecular flexibility index (Phi) is 4.30. The minimum Gasteiger partial charge on any atom is -0.258 e. The largest absolute Gasteiger partial charge is 0.425 e. The Morgan fingerprint density at radius 3 is 1.35 bits per heavy atom. The van der Waals surface area contributed by atoms with E-state index in [1.165, 1.54) is 0 Å². The highest BCUT2D eigenvalue weighted by Gasteiger charge is 2.48. The van der Waals surface area contributed by atoms with Crippen molar-refractivity contribution in [3.8, 4) is 0 Å². The Bertz CT molecular complexity index is 772. The van der Waals surface area contributed by atoms with Crippen LogP contribution in [0.3, 0.4) is 0 Å². The molecule has 0 aromatic heterocycles. The highest BCUT2D eigenvalue weighted by molar-refractivity contribution is 5.88. The minimum atomic E-state index is -1.75. The fourth-order valence-electron chi connectivity index (χ4n) is 1.82. The number of rotatable bonds is 6. The van der Waals surface area contributed by atoms with Gasteiger partial charge in [0.2, 0.25) is 0 Å². The Balaban J connectivity index is 4.20. The van der Waals surface area contributed by atoms with Crippen molar-refractivity contribution < 1.29 is 24.7 Å². The highest BCUT2D eigenvalue weighted by atomic mass is 16.7. The molecule has 0 saturated carbocycles. The van der Waals surface area contributed by atoms with E-state index in [0.29, 0.717) is 6.92 Å². The number of nitro benzene ring substituents is 4. The molecule has 1 rings (SSSR count). The maximum atomic E-state index is 11.0. The van der Waals surface area contributed by atoms with Gasteiger partial charge in [-0.2, -0.15) is 0 Å². The summed E-state index contributed by atoms with van der Waals surface area (Å²) in [6, 6.07) is 0. The van der Waals surface area contributed by atoms with Crippen LogP contribution in [0.25, 0.3) is 0 Å². The first-order valence-electron chi connectivity index (χ1n) is 5.19. The molecule has 0 unspecified atom stereocenters. The summed E-state index contributed by atoms with van der Waals surface area (Å²) in [5.41, 5.74) is -7.59. The molecular formula is C7H4N6O10. The number of hydrazine groups is 1. The van der Waals surface area contributed by atoms with Gasteiger partial charge < -0.3 is 0 Å². The molecule has 0 atom stereocenters. The molecule has 0 aliphatic carbocycles. The molecule has 1 N–H and O–H groups in total. The van der Waals surface area contributed by atoms with Crippen molar-refractivity contribution in [1.82, 2.24) is 0 Å². The van der Waals surface area contributed by atoms with Crippen molar-refractivity contribution >= 4 is 28.4 Å². The zero-order chi connectivity index (χ0) is 18.1. The first-order chi connectivity index (χ1) is 10.5. The van der Waals surface area contributed by atoms with Gasteiger partial charge in [-0.05, 0) is 6.92 Å². The molecule has 0 aliphatic heterocycles. The topological polar surface area (TPSA) is 228 Å². The number of nitrogens with zero attached hydrogens (tertiary/aromatic N) is 5. The van der Waals surface area contributed by atoms with Crippen molar-refractivity contribution in [3.05, 3.63) is 56.1 Å². The average molecular weight is 332 g/mol. The summed E-state index contributed by atoms with van der Waals surface area (Å²) >= 11 is 0. The van der Waals surface area contributed by atoms with E-state index < -0.39 is 58.7 Å². The van der Waals surface area contributed by atoms with Crippen molar-refractivity contribution in [2.75, 3.05) is 5.43 Å². The third kappa shape index (κ3) is 2.89. The van der Waals surface area contributed by atoms with Crippen molar-refractivity contribution in [2.24, 2.45) is 0 Å². The quantitative estimate of drug-likeness (QED) is 0.574. The van der Waals surface area contributed by atoms with Crippen LogP contribution in [-0.2, 0) is 0 Å². The predicted octanol–water partition coefficient (Wildman–Crippen LogP) is 1.23. The maximum absolute atomic E-state index is 11.0. The van der Waals surface area contributed by atoms with Crippen LogP contribution in [0.5, 0.6) is 0 Å². The van der Waals surface area contributed by atoms with E-state index in [9.17, 15) is 50.6 Å². The molecule has 0 saturated heterocycles. The second-order valence-corrected chi connectivity index (χ2v) is 3.79. The lowest BCUT2D eigenvalue weighted by Gasteiger charge is -2.05. The van der Waals surface area contributed by atoms with Gasteiger partial charge in [-0.1, -0.05) is 5.43 Å². The standard InChI is InChI=1S/C7H4N6O10/c1-2-4(9(14)15)3(8-13(22)23)6(11(18)19)7(12(20)21)5(2)10(16)17/h8H,1H3. The summed E-state index contributed by atoms with van der Waals surface area (Å²) < 4.78 is 0. The minimum absolute atomic E-state index is 0.706. The molecule has 0 amide bonds. The van der Waals surface area contributed by atoms with E-state index in [0.717, 1.165) is 5.43 Å². The first kappa shape index (κ1) is 17.1. The van der Waals surface area contributed by atoms with Crippen molar-refractivity contribution in [2.45, 2.75) is 6.92 Å². The van der Waals surface area contributed by atoms with E-state index in [1.807, 2.05) is 0 Å². The predicted molar refractivity (Wildman–Crippen MR) is 68.4 cm³/mol. The monoisotopic (exact) mass is 332 g/mol. The Labute approximate surface area is 123 Å². The van der Waals surface area contributed by atoms with Gasteiger partial charge in [0.05, 0.1) is 19.7 Å². The summed E-state index contributed by atoms with van der Waals surface area (Å²) in [5, 5.41) is 52.9. The Hall–Kier alpha value is -3.98. The zero-order valence-electron chi connectivity index (χ0n) is 10.8. The smallest absolute Gasteiger partial charge is 0.258 e. The molecule has 1 aromatic carbocycles. The second kappa shape index (κ2) is 5.79. The van der Waals surface area contributed by atoms with Gasteiger partial charge in [-0.25, -0.2) is 10.1 Å². The fraction of sp³-hybridized carbons (Fsp3) is 0.143. The normalized spacial score (nSPS) is 9.96. The summed E-state index contributed by atoms with van der Waals surface area (Å²) in [4.78, 5) is 48.5. The third-order valence-corrected chi connectivity index (χ3v) is 2.57. The molecule has 0 aliphatic rings. The van der Waals surface area contributed by atoms with E-state index in [2.05, 4.69) is 0 Å². The van der Waals surface area contributed by atoms with Gasteiger partial charge >= 0.3 is 22.7 Å². The van der Waals surface area contributed by atoms with Gasteiger partial charge in [-0.3, -0.25) is 40.5 Å². The molecule has 122 valence electrons. The van der Waals surface area contributed by atoms with Crippen LogP contribution in [0.15, 0.2) is 0 Å². The molecule has 0 bridgehead atoms. The van der Waals surface area contributed by atoms with Gasteiger partial charge in [0.15, 0.2) is 5.03 Å².